The SMILES string of the molecule is COC([O-])=CS(=O)(=O)c1ccccc1.[Li+]. The first-order chi connectivity index (χ1) is 6.56. The summed E-state index contributed by atoms with van der Waals surface area (Å²) in [5.41, 5.74) is 0. The molecule has 0 unspecified atom stereocenters. The first kappa shape index (κ1) is 14.1. The summed E-state index contributed by atoms with van der Waals surface area (Å²) in [6, 6.07) is 7.68. The second-order valence-electron chi connectivity index (χ2n) is 2.50. The molecule has 0 aromatic heterocycles. The van der Waals surface area contributed by atoms with Gasteiger partial charge in [0.15, 0.2) is 0 Å². The van der Waals surface area contributed by atoms with Crippen LogP contribution in [0, 0.1) is 0 Å². The smallest absolute Gasteiger partial charge is 0.616 e. The van der Waals surface area contributed by atoms with Crippen LogP contribution in [-0.2, 0) is 14.6 Å². The van der Waals surface area contributed by atoms with Gasteiger partial charge in [0.05, 0.1) is 16.2 Å². The summed E-state index contributed by atoms with van der Waals surface area (Å²) in [4.78, 5) is 0.0744. The fraction of sp³-hybridized carbons (Fsp3) is 0.111. The quantitative estimate of drug-likeness (QED) is 0.410. The summed E-state index contributed by atoms with van der Waals surface area (Å²) in [5, 5.41) is 11.3. The molecule has 0 aliphatic carbocycles. The molecule has 0 heterocycles. The van der Waals surface area contributed by atoms with Gasteiger partial charge >= 0.3 is 18.9 Å². The Morgan fingerprint density at radius 2 is 1.87 bits per heavy atom. The maximum atomic E-state index is 11.4. The number of methoxy groups -OCH3 is 1. The number of rotatable bonds is 3. The molecule has 0 aliphatic heterocycles. The van der Waals surface area contributed by atoms with E-state index >= 15 is 0 Å². The van der Waals surface area contributed by atoms with E-state index in [2.05, 4.69) is 4.74 Å². The van der Waals surface area contributed by atoms with E-state index in [9.17, 15) is 13.5 Å². The van der Waals surface area contributed by atoms with Gasteiger partial charge in [-0.25, -0.2) is 8.42 Å². The van der Waals surface area contributed by atoms with Crippen LogP contribution in [-0.4, -0.2) is 15.5 Å². The number of hydrogen-bond donors (Lipinski definition) is 0. The molecule has 0 aliphatic rings. The number of benzene rings is 1. The Hall–Kier alpha value is -0.893. The molecule has 0 saturated heterocycles. The van der Waals surface area contributed by atoms with Crippen LogP contribution in [0.15, 0.2) is 46.6 Å². The van der Waals surface area contributed by atoms with Gasteiger partial charge < -0.3 is 9.84 Å². The second-order valence-corrected chi connectivity index (χ2v) is 4.30. The zero-order valence-electron chi connectivity index (χ0n) is 8.51. The van der Waals surface area contributed by atoms with Crippen molar-refractivity contribution in [2.75, 3.05) is 7.11 Å². The summed E-state index contributed by atoms with van der Waals surface area (Å²) in [6.07, 6.45) is 0. The van der Waals surface area contributed by atoms with Gasteiger partial charge in [-0.2, -0.15) is 0 Å². The summed E-state index contributed by atoms with van der Waals surface area (Å²) < 4.78 is 27.1. The van der Waals surface area contributed by atoms with Crippen LogP contribution in [0.25, 0.3) is 0 Å². The third-order valence-corrected chi connectivity index (χ3v) is 2.96. The van der Waals surface area contributed by atoms with E-state index in [0.29, 0.717) is 5.41 Å². The molecule has 1 rings (SSSR count). The van der Waals surface area contributed by atoms with Crippen molar-refractivity contribution in [3.63, 3.8) is 0 Å². The van der Waals surface area contributed by atoms with E-state index in [1.807, 2.05) is 0 Å². The van der Waals surface area contributed by atoms with E-state index in [1.165, 1.54) is 12.1 Å². The van der Waals surface area contributed by atoms with E-state index in [-0.39, 0.29) is 23.8 Å². The molecule has 0 saturated carbocycles. The minimum absolute atomic E-state index is 0. The van der Waals surface area contributed by atoms with Crippen LogP contribution in [0.5, 0.6) is 0 Å². The van der Waals surface area contributed by atoms with Gasteiger partial charge in [-0.05, 0) is 19.2 Å². The van der Waals surface area contributed by atoms with E-state index in [4.69, 9.17) is 0 Å². The molecular weight excluding hydrogens is 211 g/mol. The number of sulfone groups is 1. The molecule has 0 atom stereocenters. The molecule has 15 heavy (non-hydrogen) atoms. The normalized spacial score (nSPS) is 11.7. The van der Waals surface area contributed by atoms with Crippen molar-refractivity contribution in [3.05, 3.63) is 41.7 Å². The third-order valence-electron chi connectivity index (χ3n) is 1.52. The van der Waals surface area contributed by atoms with Gasteiger partial charge in [0, 0.05) is 0 Å². The molecule has 0 bridgehead atoms. The van der Waals surface area contributed by atoms with Crippen molar-refractivity contribution in [2.45, 2.75) is 4.90 Å². The molecule has 1 aromatic carbocycles. The summed E-state index contributed by atoms with van der Waals surface area (Å²) in [5.74, 6) is -0.881. The Morgan fingerprint density at radius 3 is 2.33 bits per heavy atom. The molecule has 0 N–H and O–H groups in total. The summed E-state index contributed by atoms with van der Waals surface area (Å²) in [7, 11) is -2.55. The Balaban J connectivity index is 0.00000196. The van der Waals surface area contributed by atoms with E-state index in [0.717, 1.165) is 7.11 Å². The van der Waals surface area contributed by atoms with Crippen molar-refractivity contribution in [1.29, 1.82) is 0 Å². The first-order valence-electron chi connectivity index (χ1n) is 3.79. The Bertz CT molecular complexity index is 425. The zero-order chi connectivity index (χ0) is 10.6. The summed E-state index contributed by atoms with van der Waals surface area (Å²) in [6.45, 7) is 0. The van der Waals surface area contributed by atoms with Crippen LogP contribution in [0.4, 0.5) is 0 Å². The monoisotopic (exact) mass is 220 g/mol. The number of hydrogen-bond acceptors (Lipinski definition) is 4. The van der Waals surface area contributed by atoms with E-state index in [1.54, 1.807) is 18.2 Å². The maximum absolute atomic E-state index is 11.4. The summed E-state index contributed by atoms with van der Waals surface area (Å²) >= 11 is 0. The Morgan fingerprint density at radius 1 is 1.33 bits per heavy atom. The van der Waals surface area contributed by atoms with Crippen LogP contribution < -0.4 is 24.0 Å². The standard InChI is InChI=1S/C9H10O4S.Li/c1-13-9(10)7-14(11,12)8-5-3-2-4-6-8;/h2-7,10H,1H3;/q;+1/p-1. The van der Waals surface area contributed by atoms with Crippen LogP contribution in [0.2, 0.25) is 0 Å². The zero-order valence-corrected chi connectivity index (χ0v) is 9.32. The third kappa shape index (κ3) is 4.00. The van der Waals surface area contributed by atoms with Gasteiger partial charge in [0.25, 0.3) is 0 Å². The van der Waals surface area contributed by atoms with Crippen LogP contribution in [0.3, 0.4) is 0 Å². The minimum atomic E-state index is -3.67. The van der Waals surface area contributed by atoms with Crippen molar-refractivity contribution in [2.24, 2.45) is 0 Å². The molecule has 76 valence electrons. The molecule has 4 nitrogen and oxygen atoms in total. The fourth-order valence-electron chi connectivity index (χ4n) is 0.853. The molecule has 0 spiro atoms. The van der Waals surface area contributed by atoms with Gasteiger partial charge in [-0.1, -0.05) is 18.2 Å². The average Bonchev–Trinajstić information content (AvgIpc) is 2.18. The van der Waals surface area contributed by atoms with Crippen molar-refractivity contribution in [3.8, 4) is 0 Å². The van der Waals surface area contributed by atoms with Crippen molar-refractivity contribution in [1.82, 2.24) is 0 Å². The molecule has 0 amide bonds. The fourth-order valence-corrected chi connectivity index (χ4v) is 1.88. The maximum Gasteiger partial charge on any atom is 1.00 e. The van der Waals surface area contributed by atoms with Gasteiger partial charge in [-0.15, -0.1) is 0 Å². The predicted molar refractivity (Wildman–Crippen MR) is 48.7 cm³/mol. The molecule has 0 radical (unpaired) electrons. The molecule has 1 aromatic rings. The number of ether oxygens (including phenoxy) is 1. The van der Waals surface area contributed by atoms with Crippen molar-refractivity contribution >= 4 is 9.84 Å². The molecule has 6 heteroatoms. The van der Waals surface area contributed by atoms with Gasteiger partial charge in [0.1, 0.15) is 0 Å². The van der Waals surface area contributed by atoms with Crippen LogP contribution in [0.1, 0.15) is 0 Å². The van der Waals surface area contributed by atoms with Crippen LogP contribution >= 0.6 is 0 Å². The Kier molecular flexibility index (Phi) is 5.51. The predicted octanol–water partition coefficient (Wildman–Crippen LogP) is -2.73. The molecule has 0 fully saturated rings. The second kappa shape index (κ2) is 5.86. The van der Waals surface area contributed by atoms with Crippen molar-refractivity contribution < 1.29 is 37.1 Å². The topological polar surface area (TPSA) is 66.4 Å². The van der Waals surface area contributed by atoms with Gasteiger partial charge in [0.2, 0.25) is 9.84 Å². The largest absolute Gasteiger partial charge is 1.00 e. The van der Waals surface area contributed by atoms with Gasteiger partial charge in [-0.3, -0.25) is 0 Å². The first-order valence-corrected chi connectivity index (χ1v) is 5.34. The Labute approximate surface area is 101 Å². The average molecular weight is 220 g/mol. The minimum Gasteiger partial charge on any atom is -0.616 e. The van der Waals surface area contributed by atoms with E-state index < -0.39 is 15.8 Å². The molecular formula is C9H9LiO4S.